The number of fused-ring (bicyclic) bond motifs is 1. The van der Waals surface area contributed by atoms with Crippen molar-refractivity contribution < 1.29 is 14.7 Å². The van der Waals surface area contributed by atoms with Gasteiger partial charge in [0.2, 0.25) is 5.91 Å². The van der Waals surface area contributed by atoms with E-state index in [0.29, 0.717) is 5.92 Å². The van der Waals surface area contributed by atoms with Gasteiger partial charge in [-0.1, -0.05) is 19.1 Å². The molecule has 1 aliphatic rings. The Hall–Kier alpha value is -3.52. The number of nitrogens with zero attached hydrogens (tertiary/aromatic N) is 4. The van der Waals surface area contributed by atoms with E-state index in [9.17, 15) is 14.7 Å². The molecule has 2 aromatic heterocycles. The van der Waals surface area contributed by atoms with E-state index in [4.69, 9.17) is 4.98 Å². The van der Waals surface area contributed by atoms with Gasteiger partial charge in [0.25, 0.3) is 0 Å². The summed E-state index contributed by atoms with van der Waals surface area (Å²) in [6, 6.07) is 15.5. The standard InChI is InChI=1S/C28H30N4O3S/c1-17(2)32(27(33)20-10-8-18(3)9-11-20)25-22(28(34)35)16-31(30-25)21-14-12-19(13-15-21)26-29-23-6-4-5-7-24(23)36-26/h4-7,12-18,20H,8-11H2,1-3H3,(H,34,35). The molecule has 186 valence electrons. The average molecular weight is 503 g/mol. The minimum Gasteiger partial charge on any atom is -0.477 e. The molecule has 7 nitrogen and oxygen atoms in total. The molecule has 2 heterocycles. The molecule has 0 radical (unpaired) electrons. The van der Waals surface area contributed by atoms with Gasteiger partial charge in [0, 0.05) is 23.7 Å². The van der Waals surface area contributed by atoms with Crippen LogP contribution in [-0.4, -0.2) is 37.8 Å². The fourth-order valence-corrected chi connectivity index (χ4v) is 5.86. The van der Waals surface area contributed by atoms with E-state index in [2.05, 4.69) is 18.1 Å². The lowest BCUT2D eigenvalue weighted by Crippen LogP contribution is -2.43. The minimum atomic E-state index is -1.10. The Kier molecular flexibility index (Phi) is 6.62. The van der Waals surface area contributed by atoms with E-state index < -0.39 is 5.97 Å². The highest BCUT2D eigenvalue weighted by molar-refractivity contribution is 7.21. The highest BCUT2D eigenvalue weighted by Crippen LogP contribution is 2.33. The lowest BCUT2D eigenvalue weighted by atomic mass is 9.82. The molecule has 1 amide bonds. The van der Waals surface area contributed by atoms with Crippen LogP contribution in [0.5, 0.6) is 0 Å². The summed E-state index contributed by atoms with van der Waals surface area (Å²) < 4.78 is 2.68. The minimum absolute atomic E-state index is 0.0245. The van der Waals surface area contributed by atoms with Crippen molar-refractivity contribution in [2.45, 2.75) is 52.5 Å². The number of aromatic carboxylic acids is 1. The van der Waals surface area contributed by atoms with Crippen molar-refractivity contribution in [3.8, 4) is 16.3 Å². The van der Waals surface area contributed by atoms with Crippen LogP contribution in [0, 0.1) is 11.8 Å². The van der Waals surface area contributed by atoms with E-state index in [-0.39, 0.29) is 29.2 Å². The predicted molar refractivity (Wildman–Crippen MR) is 143 cm³/mol. The van der Waals surface area contributed by atoms with Crippen LogP contribution in [0.3, 0.4) is 0 Å². The van der Waals surface area contributed by atoms with Crippen molar-refractivity contribution in [3.63, 3.8) is 0 Å². The summed E-state index contributed by atoms with van der Waals surface area (Å²) in [5.41, 5.74) is 2.69. The molecule has 5 rings (SSSR count). The monoisotopic (exact) mass is 502 g/mol. The Balaban J connectivity index is 1.46. The van der Waals surface area contributed by atoms with Gasteiger partial charge in [-0.3, -0.25) is 9.69 Å². The number of rotatable bonds is 6. The summed E-state index contributed by atoms with van der Waals surface area (Å²) in [5.74, 6) is -0.394. The van der Waals surface area contributed by atoms with Gasteiger partial charge < -0.3 is 5.11 Å². The summed E-state index contributed by atoms with van der Waals surface area (Å²) in [7, 11) is 0. The number of amides is 1. The normalized spacial score (nSPS) is 18.0. The molecule has 0 spiro atoms. The number of benzene rings is 2. The molecule has 0 bridgehead atoms. The van der Waals surface area contributed by atoms with Gasteiger partial charge in [-0.2, -0.15) is 0 Å². The van der Waals surface area contributed by atoms with Crippen LogP contribution in [0.4, 0.5) is 5.82 Å². The van der Waals surface area contributed by atoms with Gasteiger partial charge in [-0.15, -0.1) is 16.4 Å². The van der Waals surface area contributed by atoms with Crippen LogP contribution in [0.1, 0.15) is 56.8 Å². The van der Waals surface area contributed by atoms with Crippen LogP contribution in [0.2, 0.25) is 0 Å². The number of carbonyl (C=O) groups is 2. The van der Waals surface area contributed by atoms with Gasteiger partial charge in [0.05, 0.1) is 15.9 Å². The number of aromatic nitrogens is 3. The Morgan fingerprint density at radius 1 is 1.06 bits per heavy atom. The molecule has 0 aliphatic heterocycles. The first-order valence-corrected chi connectivity index (χ1v) is 13.3. The molecule has 1 N–H and O–H groups in total. The molecule has 0 saturated heterocycles. The van der Waals surface area contributed by atoms with Gasteiger partial charge in [0.1, 0.15) is 10.6 Å². The van der Waals surface area contributed by atoms with Crippen molar-refractivity contribution >= 4 is 39.2 Å². The number of carboxylic acids is 1. The van der Waals surface area contributed by atoms with E-state index in [1.165, 1.54) is 6.20 Å². The van der Waals surface area contributed by atoms with Gasteiger partial charge >= 0.3 is 5.97 Å². The second-order valence-corrected chi connectivity index (χ2v) is 10.9. The zero-order chi connectivity index (χ0) is 25.4. The lowest BCUT2D eigenvalue weighted by molar-refractivity contribution is -0.123. The lowest BCUT2D eigenvalue weighted by Gasteiger charge is -2.32. The third-order valence-electron chi connectivity index (χ3n) is 6.94. The summed E-state index contributed by atoms with van der Waals surface area (Å²) in [6.07, 6.45) is 5.20. The first-order valence-electron chi connectivity index (χ1n) is 12.4. The van der Waals surface area contributed by atoms with E-state index in [1.807, 2.05) is 56.3 Å². The van der Waals surface area contributed by atoms with E-state index >= 15 is 0 Å². The summed E-state index contributed by atoms with van der Waals surface area (Å²) in [5, 5.41) is 15.5. The molecule has 36 heavy (non-hydrogen) atoms. The van der Waals surface area contributed by atoms with Crippen molar-refractivity contribution in [3.05, 3.63) is 60.3 Å². The number of carboxylic acid groups (broad SMARTS) is 1. The Bertz CT molecular complexity index is 1360. The number of hydrogen-bond donors (Lipinski definition) is 1. The first kappa shape index (κ1) is 24.2. The summed E-state index contributed by atoms with van der Waals surface area (Å²) in [4.78, 5) is 32.0. The number of carbonyl (C=O) groups excluding carboxylic acids is 1. The van der Waals surface area contributed by atoms with Crippen LogP contribution in [-0.2, 0) is 4.79 Å². The molecule has 8 heteroatoms. The molecule has 1 aliphatic carbocycles. The predicted octanol–water partition coefficient (Wildman–Crippen LogP) is 6.41. The maximum absolute atomic E-state index is 13.5. The molecule has 0 atom stereocenters. The quantitative estimate of drug-likeness (QED) is 0.329. The summed E-state index contributed by atoms with van der Waals surface area (Å²) in [6.45, 7) is 6.02. The third-order valence-corrected chi connectivity index (χ3v) is 8.03. The molecular formula is C28H30N4O3S. The highest BCUT2D eigenvalue weighted by Gasteiger charge is 2.34. The zero-order valence-corrected chi connectivity index (χ0v) is 21.5. The zero-order valence-electron chi connectivity index (χ0n) is 20.7. The fraction of sp³-hybridized carbons (Fsp3) is 0.357. The number of para-hydroxylation sites is 1. The van der Waals surface area contributed by atoms with Crippen LogP contribution in [0.15, 0.2) is 54.7 Å². The second kappa shape index (κ2) is 9.85. The highest BCUT2D eigenvalue weighted by atomic mass is 32.1. The maximum atomic E-state index is 13.5. The third kappa shape index (κ3) is 4.65. The molecule has 4 aromatic rings. The maximum Gasteiger partial charge on any atom is 0.341 e. The largest absolute Gasteiger partial charge is 0.477 e. The van der Waals surface area contributed by atoms with Gasteiger partial charge in [0.15, 0.2) is 5.82 Å². The van der Waals surface area contributed by atoms with E-state index in [1.54, 1.807) is 20.9 Å². The Morgan fingerprint density at radius 2 is 1.75 bits per heavy atom. The van der Waals surface area contributed by atoms with Gasteiger partial charge in [-0.05, 0) is 81.8 Å². The van der Waals surface area contributed by atoms with Crippen LogP contribution in [0.25, 0.3) is 26.5 Å². The van der Waals surface area contributed by atoms with E-state index in [0.717, 1.165) is 52.2 Å². The number of anilines is 1. The Morgan fingerprint density at radius 3 is 2.39 bits per heavy atom. The molecule has 0 unspecified atom stereocenters. The molecule has 2 aromatic carbocycles. The fourth-order valence-electron chi connectivity index (χ4n) is 4.89. The molecule has 1 saturated carbocycles. The second-order valence-electron chi connectivity index (χ2n) is 9.91. The smallest absolute Gasteiger partial charge is 0.341 e. The first-order chi connectivity index (χ1) is 17.3. The average Bonchev–Trinajstić information content (AvgIpc) is 3.49. The van der Waals surface area contributed by atoms with Crippen molar-refractivity contribution in [2.24, 2.45) is 11.8 Å². The van der Waals surface area contributed by atoms with Crippen molar-refractivity contribution in [2.75, 3.05) is 4.90 Å². The number of hydrogen-bond acceptors (Lipinski definition) is 5. The van der Waals surface area contributed by atoms with Crippen LogP contribution >= 0.6 is 11.3 Å². The number of thiazole rings is 1. The van der Waals surface area contributed by atoms with Crippen molar-refractivity contribution in [1.82, 2.24) is 14.8 Å². The molecular weight excluding hydrogens is 472 g/mol. The topological polar surface area (TPSA) is 88.3 Å². The van der Waals surface area contributed by atoms with Crippen molar-refractivity contribution in [1.29, 1.82) is 0 Å². The SMILES string of the molecule is CC1CCC(C(=O)N(c2nn(-c3ccc(-c4nc5ccccc5s4)cc3)cc2C(=O)O)C(C)C)CC1. The summed E-state index contributed by atoms with van der Waals surface area (Å²) >= 11 is 1.63. The Labute approximate surface area is 214 Å². The molecule has 1 fully saturated rings. The van der Waals surface area contributed by atoms with Crippen LogP contribution < -0.4 is 4.90 Å². The van der Waals surface area contributed by atoms with Gasteiger partial charge in [-0.25, -0.2) is 14.5 Å².